The highest BCUT2D eigenvalue weighted by atomic mass is 16.4. The van der Waals surface area contributed by atoms with Crippen LogP contribution in [0.15, 0.2) is 72.8 Å². The van der Waals surface area contributed by atoms with Crippen molar-refractivity contribution >= 4 is 11.8 Å². The molecule has 204 valence electrons. The first-order chi connectivity index (χ1) is 19.0. The van der Waals surface area contributed by atoms with Crippen molar-refractivity contribution in [2.24, 2.45) is 5.92 Å². The predicted molar refractivity (Wildman–Crippen MR) is 155 cm³/mol. The highest BCUT2D eigenvalue weighted by Gasteiger charge is 2.21. The number of carbonyl (C=O) groups excluding carboxylic acids is 1. The number of carbonyl (C=O) groups is 2. The zero-order valence-electron chi connectivity index (χ0n) is 22.9. The topological polar surface area (TPSA) is 60.9 Å². The molecule has 2 aliphatic heterocycles. The highest BCUT2D eigenvalue weighted by Crippen LogP contribution is 2.25. The molecule has 3 aromatic rings. The minimum absolute atomic E-state index is 0.277. The minimum atomic E-state index is -0.874. The van der Waals surface area contributed by atoms with Gasteiger partial charge in [0.05, 0.1) is 5.56 Å². The normalized spacial score (nSPS) is 16.9. The molecule has 5 heteroatoms. The summed E-state index contributed by atoms with van der Waals surface area (Å²) < 4.78 is 0. The third kappa shape index (κ3) is 7.65. The van der Waals surface area contributed by atoms with E-state index in [1.165, 1.54) is 16.7 Å². The van der Waals surface area contributed by atoms with E-state index in [9.17, 15) is 14.7 Å². The summed E-state index contributed by atoms with van der Waals surface area (Å²) in [6.07, 6.45) is 7.01. The number of hydrogen-bond acceptors (Lipinski definition) is 4. The first kappa shape index (κ1) is 27.3. The summed E-state index contributed by atoms with van der Waals surface area (Å²) >= 11 is 0. The van der Waals surface area contributed by atoms with E-state index in [-0.39, 0.29) is 5.78 Å². The van der Waals surface area contributed by atoms with Crippen molar-refractivity contribution in [1.29, 1.82) is 0 Å². The van der Waals surface area contributed by atoms with E-state index in [1.807, 2.05) is 18.2 Å². The van der Waals surface area contributed by atoms with Crippen LogP contribution in [0.4, 0.5) is 0 Å². The largest absolute Gasteiger partial charge is 0.478 e. The van der Waals surface area contributed by atoms with Crippen LogP contribution in [0.3, 0.4) is 0 Å². The van der Waals surface area contributed by atoms with Crippen LogP contribution in [0.2, 0.25) is 0 Å². The van der Waals surface area contributed by atoms with Gasteiger partial charge in [0.2, 0.25) is 0 Å². The first-order valence-electron chi connectivity index (χ1n) is 14.5. The number of nitrogens with zero attached hydrogens (tertiary/aromatic N) is 2. The lowest BCUT2D eigenvalue weighted by Gasteiger charge is -2.32. The number of piperidine rings is 1. The van der Waals surface area contributed by atoms with E-state index in [0.717, 1.165) is 88.9 Å². The quantitative estimate of drug-likeness (QED) is 0.318. The molecule has 2 aliphatic rings. The summed E-state index contributed by atoms with van der Waals surface area (Å²) in [4.78, 5) is 29.2. The van der Waals surface area contributed by atoms with Gasteiger partial charge in [-0.05, 0) is 98.0 Å². The summed E-state index contributed by atoms with van der Waals surface area (Å²) in [6.45, 7) is 5.93. The lowest BCUT2D eigenvalue weighted by molar-refractivity contribution is 0.0696. The molecular weight excluding hydrogens is 484 g/mol. The van der Waals surface area contributed by atoms with Crippen molar-refractivity contribution in [1.82, 2.24) is 9.80 Å². The third-order valence-electron chi connectivity index (χ3n) is 8.48. The molecule has 0 atom stereocenters. The molecule has 0 spiro atoms. The molecule has 5 rings (SSSR count). The lowest BCUT2D eigenvalue weighted by Crippen LogP contribution is -2.33. The zero-order valence-corrected chi connectivity index (χ0v) is 22.9. The summed E-state index contributed by atoms with van der Waals surface area (Å²) in [5, 5.41) is 9.22. The van der Waals surface area contributed by atoms with Crippen LogP contribution in [0.1, 0.15) is 75.1 Å². The number of likely N-dealkylation sites (tertiary alicyclic amines) is 1. The molecule has 2 heterocycles. The van der Waals surface area contributed by atoms with E-state index >= 15 is 0 Å². The Morgan fingerprint density at radius 2 is 1.41 bits per heavy atom. The molecule has 3 aromatic carbocycles. The molecule has 0 unspecified atom stereocenters. The Balaban J connectivity index is 1.04. The van der Waals surface area contributed by atoms with Gasteiger partial charge < -0.3 is 5.11 Å². The molecule has 0 bridgehead atoms. The van der Waals surface area contributed by atoms with E-state index in [2.05, 4.69) is 52.3 Å². The summed E-state index contributed by atoms with van der Waals surface area (Å²) in [6, 6.07) is 24.3. The Morgan fingerprint density at radius 1 is 0.718 bits per heavy atom. The van der Waals surface area contributed by atoms with Gasteiger partial charge in [-0.3, -0.25) is 14.6 Å². The summed E-state index contributed by atoms with van der Waals surface area (Å²) in [7, 11) is 0. The fraction of sp³-hybridized carbons (Fsp3) is 0.412. The van der Waals surface area contributed by atoms with E-state index in [1.54, 1.807) is 12.1 Å². The second-order valence-electron chi connectivity index (χ2n) is 11.3. The van der Waals surface area contributed by atoms with Crippen molar-refractivity contribution in [3.63, 3.8) is 0 Å². The molecule has 1 saturated heterocycles. The molecule has 39 heavy (non-hydrogen) atoms. The minimum Gasteiger partial charge on any atom is -0.478 e. The Hall–Kier alpha value is -3.28. The zero-order chi connectivity index (χ0) is 27.0. The van der Waals surface area contributed by atoms with Crippen LogP contribution >= 0.6 is 0 Å². The predicted octanol–water partition coefficient (Wildman–Crippen LogP) is 6.25. The number of carboxylic acid groups (broad SMARTS) is 1. The number of benzene rings is 3. The van der Waals surface area contributed by atoms with Gasteiger partial charge in [0.1, 0.15) is 0 Å². The van der Waals surface area contributed by atoms with Crippen LogP contribution < -0.4 is 0 Å². The van der Waals surface area contributed by atoms with Crippen LogP contribution in [0.5, 0.6) is 0 Å². The van der Waals surface area contributed by atoms with Crippen LogP contribution in [-0.2, 0) is 25.9 Å². The summed E-state index contributed by atoms with van der Waals surface area (Å²) in [5.41, 5.74) is 6.38. The second-order valence-corrected chi connectivity index (χ2v) is 11.3. The Morgan fingerprint density at radius 3 is 2.18 bits per heavy atom. The van der Waals surface area contributed by atoms with E-state index < -0.39 is 5.97 Å². The molecular formula is C34H40N2O3. The number of hydrogen-bond donors (Lipinski definition) is 1. The van der Waals surface area contributed by atoms with Crippen molar-refractivity contribution < 1.29 is 14.7 Å². The van der Waals surface area contributed by atoms with Crippen molar-refractivity contribution in [2.75, 3.05) is 26.2 Å². The SMILES string of the molecule is O=C(O)c1cccc(CN2CCC(CCCC(=O)c3ccc4c(c3)CCN(Cc3ccccc3)CC4)CC2)c1. The smallest absolute Gasteiger partial charge is 0.335 e. The average Bonchev–Trinajstić information content (AvgIpc) is 3.16. The second kappa shape index (κ2) is 13.2. The molecule has 5 nitrogen and oxygen atoms in total. The Kier molecular flexibility index (Phi) is 9.23. The molecule has 0 amide bonds. The molecule has 1 N–H and O–H groups in total. The molecule has 0 aromatic heterocycles. The van der Waals surface area contributed by atoms with Gasteiger partial charge in [-0.25, -0.2) is 4.79 Å². The van der Waals surface area contributed by atoms with Gasteiger partial charge in [0.15, 0.2) is 5.78 Å². The number of rotatable bonds is 10. The Labute approximate surface area is 232 Å². The van der Waals surface area contributed by atoms with Gasteiger partial charge in [0, 0.05) is 38.2 Å². The first-order valence-corrected chi connectivity index (χ1v) is 14.5. The lowest BCUT2D eigenvalue weighted by atomic mass is 9.90. The van der Waals surface area contributed by atoms with Gasteiger partial charge in [-0.1, -0.05) is 54.6 Å². The third-order valence-corrected chi connectivity index (χ3v) is 8.48. The number of Topliss-reactive ketones (excluding diaryl/α,β-unsaturated/α-hetero) is 1. The van der Waals surface area contributed by atoms with Crippen molar-refractivity contribution in [3.8, 4) is 0 Å². The summed E-state index contributed by atoms with van der Waals surface area (Å²) in [5.74, 6) is 0.0717. The van der Waals surface area contributed by atoms with Crippen LogP contribution in [0.25, 0.3) is 0 Å². The monoisotopic (exact) mass is 524 g/mol. The highest BCUT2D eigenvalue weighted by molar-refractivity contribution is 5.96. The van der Waals surface area contributed by atoms with Gasteiger partial charge in [-0.2, -0.15) is 0 Å². The van der Waals surface area contributed by atoms with E-state index in [0.29, 0.717) is 17.9 Å². The van der Waals surface area contributed by atoms with Crippen molar-refractivity contribution in [2.45, 2.75) is 58.0 Å². The molecule has 0 radical (unpaired) electrons. The number of carboxylic acids is 1. The maximum Gasteiger partial charge on any atom is 0.335 e. The maximum atomic E-state index is 13.0. The van der Waals surface area contributed by atoms with Gasteiger partial charge >= 0.3 is 5.97 Å². The standard InChI is InChI=1S/C34H40N2O3/c37-33(11-5-8-26-14-18-35(19-15-26)25-28-9-4-10-32(22-28)34(38)39)31-13-12-29-16-20-36(21-17-30(29)23-31)24-27-6-2-1-3-7-27/h1-4,6-7,9-10,12-13,22-23,26H,5,8,11,14-21,24-25H2,(H,38,39). The van der Waals surface area contributed by atoms with E-state index in [4.69, 9.17) is 0 Å². The fourth-order valence-corrected chi connectivity index (χ4v) is 6.13. The maximum absolute atomic E-state index is 13.0. The number of aromatic carboxylic acids is 1. The van der Waals surface area contributed by atoms with Crippen LogP contribution in [-0.4, -0.2) is 52.8 Å². The molecule has 1 fully saturated rings. The number of fused-ring (bicyclic) bond motifs is 1. The average molecular weight is 525 g/mol. The molecule has 0 aliphatic carbocycles. The Bertz CT molecular complexity index is 1260. The number of ketones is 1. The van der Waals surface area contributed by atoms with Crippen LogP contribution in [0, 0.1) is 5.92 Å². The fourth-order valence-electron chi connectivity index (χ4n) is 6.13. The van der Waals surface area contributed by atoms with Gasteiger partial charge in [0.25, 0.3) is 0 Å². The van der Waals surface area contributed by atoms with Crippen molar-refractivity contribution in [3.05, 3.63) is 106 Å². The van der Waals surface area contributed by atoms with Gasteiger partial charge in [-0.15, -0.1) is 0 Å². The molecule has 0 saturated carbocycles.